The van der Waals surface area contributed by atoms with Crippen LogP contribution in [0.2, 0.25) is 5.02 Å². The average Bonchev–Trinajstić information content (AvgIpc) is 2.43. The van der Waals surface area contributed by atoms with Crippen LogP contribution in [0, 0.1) is 17.7 Å². The van der Waals surface area contributed by atoms with E-state index in [0.717, 1.165) is 12.8 Å². The van der Waals surface area contributed by atoms with Crippen LogP contribution in [-0.2, 0) is 9.59 Å². The molecule has 0 radical (unpaired) electrons. The van der Waals surface area contributed by atoms with E-state index in [0.29, 0.717) is 12.8 Å². The molecule has 1 aromatic carbocycles. The first kappa shape index (κ1) is 14.8. The van der Waals surface area contributed by atoms with E-state index in [9.17, 15) is 14.0 Å². The second kappa shape index (κ2) is 6.22. The predicted molar refractivity (Wildman–Crippen MR) is 73.1 cm³/mol. The van der Waals surface area contributed by atoms with Gasteiger partial charge >= 0.3 is 5.97 Å². The fourth-order valence-corrected chi connectivity index (χ4v) is 2.74. The highest BCUT2D eigenvalue weighted by Gasteiger charge is 2.35. The number of carboxylic acid groups (broad SMARTS) is 1. The number of anilines is 1. The highest BCUT2D eigenvalue weighted by atomic mass is 35.5. The Hall–Kier alpha value is -1.62. The van der Waals surface area contributed by atoms with E-state index in [2.05, 4.69) is 5.32 Å². The van der Waals surface area contributed by atoms with Crippen LogP contribution >= 0.6 is 11.6 Å². The van der Waals surface area contributed by atoms with Gasteiger partial charge in [0, 0.05) is 0 Å². The Kier molecular flexibility index (Phi) is 4.60. The second-order valence-corrected chi connectivity index (χ2v) is 5.33. The van der Waals surface area contributed by atoms with E-state index in [-0.39, 0.29) is 10.7 Å². The molecule has 1 saturated carbocycles. The molecule has 0 unspecified atom stereocenters. The maximum absolute atomic E-state index is 13.7. The molecule has 2 N–H and O–H groups in total. The highest BCUT2D eigenvalue weighted by molar-refractivity contribution is 6.31. The van der Waals surface area contributed by atoms with Crippen molar-refractivity contribution in [3.8, 4) is 0 Å². The highest BCUT2D eigenvalue weighted by Crippen LogP contribution is 2.32. The number of hydrogen-bond donors (Lipinski definition) is 2. The number of halogens is 2. The van der Waals surface area contributed by atoms with Crippen LogP contribution in [0.4, 0.5) is 10.1 Å². The van der Waals surface area contributed by atoms with Gasteiger partial charge in [0.15, 0.2) is 5.82 Å². The van der Waals surface area contributed by atoms with E-state index in [1.54, 1.807) is 0 Å². The van der Waals surface area contributed by atoms with Crippen molar-refractivity contribution in [2.75, 3.05) is 5.32 Å². The Morgan fingerprint density at radius 3 is 2.55 bits per heavy atom. The lowest BCUT2D eigenvalue weighted by Gasteiger charge is -2.27. The van der Waals surface area contributed by atoms with Gasteiger partial charge in [-0.15, -0.1) is 0 Å². The summed E-state index contributed by atoms with van der Waals surface area (Å²) in [6, 6.07) is 4.31. The predicted octanol–water partition coefficient (Wildman–Crippen LogP) is 3.31. The van der Waals surface area contributed by atoms with Crippen molar-refractivity contribution in [1.82, 2.24) is 0 Å². The van der Waals surface area contributed by atoms with Gasteiger partial charge in [-0.3, -0.25) is 9.59 Å². The molecule has 108 valence electrons. The quantitative estimate of drug-likeness (QED) is 0.900. The van der Waals surface area contributed by atoms with E-state index in [1.807, 2.05) is 0 Å². The molecule has 6 heteroatoms. The van der Waals surface area contributed by atoms with Crippen molar-refractivity contribution in [2.45, 2.75) is 25.7 Å². The van der Waals surface area contributed by atoms with Crippen molar-refractivity contribution in [1.29, 1.82) is 0 Å². The third-order valence-electron chi connectivity index (χ3n) is 3.63. The number of aliphatic carboxylic acids is 1. The molecule has 1 aliphatic carbocycles. The summed E-state index contributed by atoms with van der Waals surface area (Å²) < 4.78 is 13.7. The topological polar surface area (TPSA) is 66.4 Å². The Bertz CT molecular complexity index is 535. The van der Waals surface area contributed by atoms with E-state index < -0.39 is 29.5 Å². The van der Waals surface area contributed by atoms with Gasteiger partial charge in [-0.2, -0.15) is 0 Å². The molecule has 1 fully saturated rings. The summed E-state index contributed by atoms with van der Waals surface area (Å²) in [7, 11) is 0. The third kappa shape index (κ3) is 3.10. The molecule has 0 spiro atoms. The van der Waals surface area contributed by atoms with Gasteiger partial charge in [-0.1, -0.05) is 30.5 Å². The fourth-order valence-electron chi connectivity index (χ4n) is 2.57. The smallest absolute Gasteiger partial charge is 0.307 e. The Morgan fingerprint density at radius 2 is 1.90 bits per heavy atom. The number of rotatable bonds is 3. The van der Waals surface area contributed by atoms with Gasteiger partial charge in [0.1, 0.15) is 0 Å². The summed E-state index contributed by atoms with van der Waals surface area (Å²) in [6.07, 6.45) is 2.59. The average molecular weight is 300 g/mol. The normalized spacial score (nSPS) is 22.3. The molecule has 0 bridgehead atoms. The molecular weight excluding hydrogens is 285 g/mol. The van der Waals surface area contributed by atoms with Crippen LogP contribution in [0.15, 0.2) is 18.2 Å². The summed E-state index contributed by atoms with van der Waals surface area (Å²) in [6.45, 7) is 0. The Labute approximate surface area is 120 Å². The maximum Gasteiger partial charge on any atom is 0.307 e. The number of nitrogens with one attached hydrogen (secondary N) is 1. The lowest BCUT2D eigenvalue weighted by Crippen LogP contribution is -2.36. The number of carboxylic acids is 1. The monoisotopic (exact) mass is 299 g/mol. The largest absolute Gasteiger partial charge is 0.481 e. The van der Waals surface area contributed by atoms with Gasteiger partial charge in [0.05, 0.1) is 22.5 Å². The molecule has 1 amide bonds. The van der Waals surface area contributed by atoms with Gasteiger partial charge < -0.3 is 10.4 Å². The molecule has 0 heterocycles. The van der Waals surface area contributed by atoms with Gasteiger partial charge in [-0.25, -0.2) is 4.39 Å². The molecule has 2 rings (SSSR count). The maximum atomic E-state index is 13.7. The minimum absolute atomic E-state index is 0.0165. The van der Waals surface area contributed by atoms with Crippen molar-refractivity contribution in [2.24, 2.45) is 11.8 Å². The minimum Gasteiger partial charge on any atom is -0.481 e. The summed E-state index contributed by atoms with van der Waals surface area (Å²) in [5.74, 6) is -3.47. The van der Waals surface area contributed by atoms with Gasteiger partial charge in [-0.05, 0) is 25.0 Å². The fraction of sp³-hybridized carbons (Fsp3) is 0.429. The summed E-state index contributed by atoms with van der Waals surface area (Å²) >= 11 is 5.64. The molecule has 0 aliphatic heterocycles. The van der Waals surface area contributed by atoms with E-state index >= 15 is 0 Å². The van der Waals surface area contributed by atoms with E-state index in [1.165, 1.54) is 18.2 Å². The Morgan fingerprint density at radius 1 is 1.25 bits per heavy atom. The van der Waals surface area contributed by atoms with Crippen LogP contribution in [0.3, 0.4) is 0 Å². The zero-order chi connectivity index (χ0) is 14.7. The van der Waals surface area contributed by atoms with Crippen LogP contribution in [-0.4, -0.2) is 17.0 Å². The number of amides is 1. The second-order valence-electron chi connectivity index (χ2n) is 4.93. The number of hydrogen-bond acceptors (Lipinski definition) is 2. The standard InChI is InChI=1S/C14H15ClFNO3/c15-10-6-3-7-11(12(10)16)17-13(18)8-4-1-2-5-9(8)14(19)20/h3,6-9H,1-2,4-5H2,(H,17,18)(H,19,20)/t8-,9+/m1/s1. The molecule has 1 aliphatic rings. The van der Waals surface area contributed by atoms with Gasteiger partial charge in [0.2, 0.25) is 5.91 Å². The van der Waals surface area contributed by atoms with Crippen LogP contribution in [0.1, 0.15) is 25.7 Å². The molecule has 4 nitrogen and oxygen atoms in total. The summed E-state index contributed by atoms with van der Waals surface area (Å²) in [5, 5.41) is 11.5. The van der Waals surface area contributed by atoms with Crippen molar-refractivity contribution in [3.05, 3.63) is 29.0 Å². The molecule has 2 atom stereocenters. The number of benzene rings is 1. The first-order valence-electron chi connectivity index (χ1n) is 6.48. The van der Waals surface area contributed by atoms with Crippen LogP contribution in [0.5, 0.6) is 0 Å². The lowest BCUT2D eigenvalue weighted by atomic mass is 9.78. The molecule has 1 aromatic rings. The van der Waals surface area contributed by atoms with Crippen molar-refractivity contribution >= 4 is 29.2 Å². The lowest BCUT2D eigenvalue weighted by molar-refractivity contribution is -0.147. The summed E-state index contributed by atoms with van der Waals surface area (Å²) in [5.41, 5.74) is -0.0165. The molecule has 0 aromatic heterocycles. The van der Waals surface area contributed by atoms with Crippen molar-refractivity contribution in [3.63, 3.8) is 0 Å². The van der Waals surface area contributed by atoms with Gasteiger partial charge in [0.25, 0.3) is 0 Å². The van der Waals surface area contributed by atoms with Crippen LogP contribution in [0.25, 0.3) is 0 Å². The molecule has 0 saturated heterocycles. The molecule has 20 heavy (non-hydrogen) atoms. The molecular formula is C14H15ClFNO3. The van der Waals surface area contributed by atoms with Crippen molar-refractivity contribution < 1.29 is 19.1 Å². The van der Waals surface area contributed by atoms with E-state index in [4.69, 9.17) is 16.7 Å². The SMILES string of the molecule is O=C(O)[C@H]1CCCC[C@H]1C(=O)Nc1cccc(Cl)c1F. The zero-order valence-electron chi connectivity index (χ0n) is 10.7. The number of carbonyl (C=O) groups is 2. The first-order valence-corrected chi connectivity index (χ1v) is 6.86. The van der Waals surface area contributed by atoms with Crippen LogP contribution < -0.4 is 5.32 Å². The third-order valence-corrected chi connectivity index (χ3v) is 3.92. The Balaban J connectivity index is 2.14. The first-order chi connectivity index (χ1) is 9.50. The summed E-state index contributed by atoms with van der Waals surface area (Å²) in [4.78, 5) is 23.3. The number of carbonyl (C=O) groups excluding carboxylic acids is 1. The minimum atomic E-state index is -0.976. The zero-order valence-corrected chi connectivity index (χ0v) is 11.5.